The highest BCUT2D eigenvalue weighted by Crippen LogP contribution is 2.31. The predicted octanol–water partition coefficient (Wildman–Crippen LogP) is 4.58. The fraction of sp³-hybridized carbons (Fsp3) is 0.261. The van der Waals surface area contributed by atoms with Crippen LogP contribution in [0, 0.1) is 12.7 Å². The number of carbonyl (C=O) groups is 1. The highest BCUT2D eigenvalue weighted by molar-refractivity contribution is 6.06. The van der Waals surface area contributed by atoms with Gasteiger partial charge in [-0.3, -0.25) is 19.7 Å². The molecule has 30 heavy (non-hydrogen) atoms. The molecule has 1 fully saturated rings. The van der Waals surface area contributed by atoms with Crippen LogP contribution in [-0.2, 0) is 0 Å². The monoisotopic (exact) mass is 403 g/mol. The number of aromatic amines is 1. The third-order valence-electron chi connectivity index (χ3n) is 5.79. The first-order chi connectivity index (χ1) is 14.5. The number of nitrogens with one attached hydrogen (secondary N) is 2. The third kappa shape index (κ3) is 3.31. The summed E-state index contributed by atoms with van der Waals surface area (Å²) in [6, 6.07) is 10.8. The summed E-state index contributed by atoms with van der Waals surface area (Å²) in [5.74, 6) is -1.11. The smallest absolute Gasteiger partial charge is 0.258 e. The largest absolute Gasteiger partial charge is 0.356 e. The topological polar surface area (TPSA) is 73.9 Å². The molecule has 4 aromatic rings. The quantitative estimate of drug-likeness (QED) is 0.525. The number of aromatic nitrogens is 3. The number of fused-ring (bicyclic) bond motifs is 2. The van der Waals surface area contributed by atoms with Gasteiger partial charge in [-0.2, -0.15) is 0 Å². The molecule has 1 aromatic carbocycles. The molecule has 152 valence electrons. The highest BCUT2D eigenvalue weighted by Gasteiger charge is 2.24. The summed E-state index contributed by atoms with van der Waals surface area (Å²) in [7, 11) is 2.12. The first kappa shape index (κ1) is 18.7. The van der Waals surface area contributed by atoms with Gasteiger partial charge in [0, 0.05) is 28.9 Å². The molecule has 0 saturated carbocycles. The third-order valence-corrected chi connectivity index (χ3v) is 5.79. The van der Waals surface area contributed by atoms with Crippen LogP contribution in [0.4, 0.5) is 10.1 Å². The molecular formula is C23H22FN5O. The molecular weight excluding hydrogens is 381 g/mol. The number of carbonyl (C=O) groups excluding carboxylic acids is 1. The maximum atomic E-state index is 14.5. The van der Waals surface area contributed by atoms with Gasteiger partial charge in [-0.25, -0.2) is 4.39 Å². The van der Waals surface area contributed by atoms with Gasteiger partial charge >= 0.3 is 0 Å². The van der Waals surface area contributed by atoms with Crippen LogP contribution >= 0.6 is 0 Å². The summed E-state index contributed by atoms with van der Waals surface area (Å²) in [5.41, 5.74) is 4.65. The average molecular weight is 403 g/mol. The molecule has 7 heteroatoms. The van der Waals surface area contributed by atoms with Crippen LogP contribution in [-0.4, -0.2) is 39.4 Å². The summed E-state index contributed by atoms with van der Waals surface area (Å²) in [6.45, 7) is 2.93. The summed E-state index contributed by atoms with van der Waals surface area (Å²) >= 11 is 0. The van der Waals surface area contributed by atoms with E-state index in [0.29, 0.717) is 17.2 Å². The van der Waals surface area contributed by atoms with E-state index in [4.69, 9.17) is 0 Å². The van der Waals surface area contributed by atoms with Gasteiger partial charge in [-0.15, -0.1) is 0 Å². The molecule has 0 unspecified atom stereocenters. The van der Waals surface area contributed by atoms with Crippen LogP contribution in [0.2, 0.25) is 0 Å². The normalized spacial score (nSPS) is 17.1. The minimum Gasteiger partial charge on any atom is -0.356 e. The lowest BCUT2D eigenvalue weighted by atomic mass is 10.1. The zero-order chi connectivity index (χ0) is 20.8. The molecule has 0 aliphatic carbocycles. The van der Waals surface area contributed by atoms with E-state index in [-0.39, 0.29) is 5.56 Å². The van der Waals surface area contributed by atoms with Crippen LogP contribution in [0.25, 0.3) is 21.9 Å². The number of halogens is 1. The van der Waals surface area contributed by atoms with Crippen molar-refractivity contribution in [1.29, 1.82) is 0 Å². The number of aryl methyl sites for hydroxylation is 1. The van der Waals surface area contributed by atoms with Gasteiger partial charge in [0.2, 0.25) is 0 Å². The predicted molar refractivity (Wildman–Crippen MR) is 115 cm³/mol. The number of pyridine rings is 2. The lowest BCUT2D eigenvalue weighted by Crippen LogP contribution is -2.17. The number of rotatable bonds is 3. The summed E-state index contributed by atoms with van der Waals surface area (Å²) in [5, 5.41) is 3.48. The Labute approximate surface area is 173 Å². The van der Waals surface area contributed by atoms with Crippen LogP contribution in [0.3, 0.4) is 0 Å². The Hall–Kier alpha value is -3.32. The van der Waals surface area contributed by atoms with Crippen LogP contribution in [0.1, 0.15) is 40.6 Å². The molecule has 5 rings (SSSR count). The Morgan fingerprint density at radius 2 is 2.10 bits per heavy atom. The standard InChI is InChI=1S/C23H22FN5O/c1-13-5-6-14-8-16(17(24)10-18(14)26-13)23(30)27-15-9-20-19(25-12-15)11-21(28-20)22-4-3-7-29(22)2/h5-6,8-12,22,28H,3-4,7H2,1-2H3,(H,27,30)/t22-/m1/s1. The number of hydrogen-bond acceptors (Lipinski definition) is 4. The summed E-state index contributed by atoms with van der Waals surface area (Å²) in [4.78, 5) is 27.2. The van der Waals surface area contributed by atoms with Crippen molar-refractivity contribution in [2.75, 3.05) is 18.9 Å². The van der Waals surface area contributed by atoms with Crippen molar-refractivity contribution < 1.29 is 9.18 Å². The number of hydrogen-bond donors (Lipinski definition) is 2. The van der Waals surface area contributed by atoms with Crippen molar-refractivity contribution in [2.24, 2.45) is 0 Å². The average Bonchev–Trinajstić information content (AvgIpc) is 3.32. The summed E-state index contributed by atoms with van der Waals surface area (Å²) in [6.07, 6.45) is 3.89. The van der Waals surface area contributed by atoms with E-state index in [9.17, 15) is 9.18 Å². The first-order valence-corrected chi connectivity index (χ1v) is 10.0. The molecule has 1 aliphatic rings. The number of benzene rings is 1. The van der Waals surface area contributed by atoms with Gasteiger partial charge in [-0.05, 0) is 57.6 Å². The Morgan fingerprint density at radius 1 is 1.23 bits per heavy atom. The fourth-order valence-corrected chi connectivity index (χ4v) is 4.20. The molecule has 1 aliphatic heterocycles. The van der Waals surface area contributed by atoms with Crippen LogP contribution in [0.5, 0.6) is 0 Å². The van der Waals surface area contributed by atoms with Crippen molar-refractivity contribution in [2.45, 2.75) is 25.8 Å². The van der Waals surface area contributed by atoms with E-state index in [1.807, 2.05) is 25.1 Å². The second-order valence-electron chi connectivity index (χ2n) is 7.95. The minimum absolute atomic E-state index is 0.0204. The molecule has 0 bridgehead atoms. The Bertz CT molecular complexity index is 1280. The minimum atomic E-state index is -0.599. The molecule has 6 nitrogen and oxygen atoms in total. The molecule has 1 amide bonds. The maximum absolute atomic E-state index is 14.5. The molecule has 0 spiro atoms. The first-order valence-electron chi connectivity index (χ1n) is 10.0. The number of anilines is 1. The van der Waals surface area contributed by atoms with Gasteiger partial charge in [0.25, 0.3) is 5.91 Å². The van der Waals surface area contributed by atoms with Gasteiger partial charge in [-0.1, -0.05) is 6.07 Å². The molecule has 1 atom stereocenters. The van der Waals surface area contributed by atoms with Crippen molar-refractivity contribution >= 4 is 33.5 Å². The maximum Gasteiger partial charge on any atom is 0.258 e. The Balaban J connectivity index is 1.42. The van der Waals surface area contributed by atoms with Gasteiger partial charge in [0.1, 0.15) is 5.82 Å². The van der Waals surface area contributed by atoms with Gasteiger partial charge in [0.15, 0.2) is 0 Å². The lowest BCUT2D eigenvalue weighted by Gasteiger charge is -2.17. The number of nitrogens with zero attached hydrogens (tertiary/aromatic N) is 3. The number of likely N-dealkylation sites (tertiary alicyclic amines) is 1. The van der Waals surface area contributed by atoms with Crippen molar-refractivity contribution in [3.8, 4) is 0 Å². The van der Waals surface area contributed by atoms with Crippen molar-refractivity contribution in [3.63, 3.8) is 0 Å². The second kappa shape index (κ2) is 7.18. The molecule has 2 N–H and O–H groups in total. The summed E-state index contributed by atoms with van der Waals surface area (Å²) < 4.78 is 14.5. The second-order valence-corrected chi connectivity index (χ2v) is 7.95. The Morgan fingerprint density at radius 3 is 2.90 bits per heavy atom. The zero-order valence-electron chi connectivity index (χ0n) is 16.9. The van der Waals surface area contributed by atoms with Gasteiger partial charge < -0.3 is 10.3 Å². The molecule has 4 heterocycles. The molecule has 1 saturated heterocycles. The fourth-order valence-electron chi connectivity index (χ4n) is 4.20. The van der Waals surface area contributed by atoms with Gasteiger partial charge in [0.05, 0.1) is 34.0 Å². The van der Waals surface area contributed by atoms with E-state index < -0.39 is 11.7 Å². The van der Waals surface area contributed by atoms with E-state index >= 15 is 0 Å². The van der Waals surface area contributed by atoms with Crippen molar-refractivity contribution in [1.82, 2.24) is 19.9 Å². The van der Waals surface area contributed by atoms with E-state index in [1.54, 1.807) is 6.20 Å². The zero-order valence-corrected chi connectivity index (χ0v) is 16.9. The van der Waals surface area contributed by atoms with E-state index in [0.717, 1.165) is 40.8 Å². The SMILES string of the molecule is Cc1ccc2cc(C(=O)Nc3cnc4cc([C@H]5CCCN5C)[nH]c4c3)c(F)cc2n1. The van der Waals surface area contributed by atoms with Crippen LogP contribution < -0.4 is 5.32 Å². The molecule has 3 aromatic heterocycles. The molecule has 0 radical (unpaired) electrons. The van der Waals surface area contributed by atoms with E-state index in [2.05, 4.69) is 38.3 Å². The van der Waals surface area contributed by atoms with E-state index in [1.165, 1.54) is 18.6 Å². The lowest BCUT2D eigenvalue weighted by molar-refractivity contribution is 0.102. The Kier molecular flexibility index (Phi) is 4.47. The highest BCUT2D eigenvalue weighted by atomic mass is 19.1. The van der Waals surface area contributed by atoms with Crippen molar-refractivity contribution in [3.05, 3.63) is 65.4 Å². The number of amides is 1. The number of H-pyrrole nitrogens is 1. The van der Waals surface area contributed by atoms with Crippen LogP contribution in [0.15, 0.2) is 42.6 Å².